The average Bonchev–Trinajstić information content (AvgIpc) is 3.42. The number of nitro groups is 1. The number of nitrogens with one attached hydrogen (secondary N) is 2. The van der Waals surface area contributed by atoms with Gasteiger partial charge in [0, 0.05) is 26.1 Å². The van der Waals surface area contributed by atoms with E-state index in [4.69, 9.17) is 9.15 Å². The van der Waals surface area contributed by atoms with E-state index in [0.29, 0.717) is 30.1 Å². The van der Waals surface area contributed by atoms with Crippen LogP contribution in [0, 0.1) is 10.1 Å². The molecule has 0 fully saturated rings. The van der Waals surface area contributed by atoms with Gasteiger partial charge in [0.2, 0.25) is 0 Å². The predicted octanol–water partition coefficient (Wildman–Crippen LogP) is 3.52. The Hall–Kier alpha value is -4.67. The van der Waals surface area contributed by atoms with Gasteiger partial charge in [0.1, 0.15) is 11.4 Å². The molecule has 0 unspecified atom stereocenters. The monoisotopic (exact) mass is 494 g/mol. The van der Waals surface area contributed by atoms with Gasteiger partial charge in [-0.15, -0.1) is 0 Å². The van der Waals surface area contributed by atoms with Crippen LogP contribution >= 0.6 is 0 Å². The summed E-state index contributed by atoms with van der Waals surface area (Å²) in [5.74, 6) is -0.877. The summed E-state index contributed by atoms with van der Waals surface area (Å²) in [5, 5.41) is 16.7. The van der Waals surface area contributed by atoms with Gasteiger partial charge < -0.3 is 24.7 Å². The molecular weight excluding hydrogens is 468 g/mol. The SMILES string of the molecule is CN(C(=O)COC(=O)CCCNc1ccccc1[N+](=O)[O-])c1ccccc1C(=O)NCc1ccco1. The molecule has 0 radical (unpaired) electrons. The molecule has 3 aromatic rings. The van der Waals surface area contributed by atoms with Crippen molar-refractivity contribution >= 4 is 34.8 Å². The molecule has 11 nitrogen and oxygen atoms in total. The minimum atomic E-state index is -0.578. The van der Waals surface area contributed by atoms with Crippen molar-refractivity contribution < 1.29 is 28.5 Å². The summed E-state index contributed by atoms with van der Waals surface area (Å²) >= 11 is 0. The fourth-order valence-corrected chi connectivity index (χ4v) is 3.32. The van der Waals surface area contributed by atoms with E-state index in [1.54, 1.807) is 54.6 Å². The number of amides is 2. The second-order valence-electron chi connectivity index (χ2n) is 7.70. The zero-order chi connectivity index (χ0) is 25.9. The summed E-state index contributed by atoms with van der Waals surface area (Å²) in [4.78, 5) is 49.1. The number of nitro benzene ring substituents is 1. The third-order valence-electron chi connectivity index (χ3n) is 5.22. The second kappa shape index (κ2) is 12.7. The molecule has 11 heteroatoms. The van der Waals surface area contributed by atoms with E-state index in [-0.39, 0.29) is 30.1 Å². The molecule has 0 saturated heterocycles. The Morgan fingerprint density at radius 2 is 1.81 bits per heavy atom. The van der Waals surface area contributed by atoms with Crippen LogP contribution in [-0.2, 0) is 20.9 Å². The summed E-state index contributed by atoms with van der Waals surface area (Å²) in [5.41, 5.74) is 0.958. The maximum Gasteiger partial charge on any atom is 0.306 e. The Kier molecular flexibility index (Phi) is 9.15. The van der Waals surface area contributed by atoms with Gasteiger partial charge >= 0.3 is 5.97 Å². The fourth-order valence-electron chi connectivity index (χ4n) is 3.32. The van der Waals surface area contributed by atoms with Crippen molar-refractivity contribution in [3.05, 3.63) is 88.4 Å². The Morgan fingerprint density at radius 1 is 1.06 bits per heavy atom. The highest BCUT2D eigenvalue weighted by atomic mass is 16.6. The number of ether oxygens (including phenoxy) is 1. The quantitative estimate of drug-likeness (QED) is 0.168. The summed E-state index contributed by atoms with van der Waals surface area (Å²) in [7, 11) is 1.49. The Balaban J connectivity index is 1.45. The van der Waals surface area contributed by atoms with Crippen molar-refractivity contribution in [1.29, 1.82) is 0 Å². The summed E-state index contributed by atoms with van der Waals surface area (Å²) in [6.45, 7) is 0.0193. The minimum absolute atomic E-state index is 0.0242. The van der Waals surface area contributed by atoms with Crippen LogP contribution < -0.4 is 15.5 Å². The van der Waals surface area contributed by atoms with Gasteiger partial charge in [-0.1, -0.05) is 24.3 Å². The van der Waals surface area contributed by atoms with Crippen LogP contribution in [0.2, 0.25) is 0 Å². The number of para-hydroxylation sites is 3. The molecule has 3 rings (SSSR count). The molecule has 188 valence electrons. The van der Waals surface area contributed by atoms with Gasteiger partial charge in [0.15, 0.2) is 6.61 Å². The third-order valence-corrected chi connectivity index (χ3v) is 5.22. The van der Waals surface area contributed by atoms with Crippen molar-refractivity contribution in [1.82, 2.24) is 5.32 Å². The van der Waals surface area contributed by atoms with Crippen LogP contribution in [0.5, 0.6) is 0 Å². The van der Waals surface area contributed by atoms with Crippen LogP contribution in [0.15, 0.2) is 71.3 Å². The molecule has 2 amide bonds. The van der Waals surface area contributed by atoms with E-state index in [9.17, 15) is 24.5 Å². The van der Waals surface area contributed by atoms with Crippen molar-refractivity contribution in [2.45, 2.75) is 19.4 Å². The lowest BCUT2D eigenvalue weighted by molar-refractivity contribution is -0.384. The lowest BCUT2D eigenvalue weighted by atomic mass is 10.1. The number of furan rings is 1. The topological polar surface area (TPSA) is 144 Å². The highest BCUT2D eigenvalue weighted by Gasteiger charge is 2.20. The van der Waals surface area contributed by atoms with Gasteiger partial charge in [-0.25, -0.2) is 0 Å². The number of hydrogen-bond acceptors (Lipinski definition) is 8. The molecule has 1 aromatic heterocycles. The normalized spacial score (nSPS) is 10.4. The molecule has 1 heterocycles. The first-order chi connectivity index (χ1) is 17.4. The molecule has 2 aromatic carbocycles. The van der Waals surface area contributed by atoms with Crippen LogP contribution in [0.3, 0.4) is 0 Å². The number of anilines is 2. The maximum atomic E-state index is 12.6. The predicted molar refractivity (Wildman–Crippen MR) is 132 cm³/mol. The first-order valence-electron chi connectivity index (χ1n) is 11.2. The molecule has 2 N–H and O–H groups in total. The second-order valence-corrected chi connectivity index (χ2v) is 7.70. The summed E-state index contributed by atoms with van der Waals surface area (Å²) < 4.78 is 10.3. The molecular formula is C25H26N4O7. The first kappa shape index (κ1) is 25.9. The number of rotatable bonds is 12. The Bertz CT molecular complexity index is 1210. The van der Waals surface area contributed by atoms with Gasteiger partial charge in [0.05, 0.1) is 29.0 Å². The highest BCUT2D eigenvalue weighted by molar-refractivity contribution is 6.05. The zero-order valence-electron chi connectivity index (χ0n) is 19.6. The number of carbonyl (C=O) groups excluding carboxylic acids is 3. The zero-order valence-corrected chi connectivity index (χ0v) is 19.6. The van der Waals surface area contributed by atoms with Gasteiger partial charge in [-0.2, -0.15) is 0 Å². The van der Waals surface area contributed by atoms with E-state index >= 15 is 0 Å². The van der Waals surface area contributed by atoms with Crippen molar-refractivity contribution in [3.8, 4) is 0 Å². The number of nitrogens with zero attached hydrogens (tertiary/aromatic N) is 2. The number of hydrogen-bond donors (Lipinski definition) is 2. The lowest BCUT2D eigenvalue weighted by Gasteiger charge is -2.20. The Labute approximate surface area is 207 Å². The third kappa shape index (κ3) is 7.16. The number of benzene rings is 2. The molecule has 0 spiro atoms. The minimum Gasteiger partial charge on any atom is -0.467 e. The smallest absolute Gasteiger partial charge is 0.306 e. The van der Waals surface area contributed by atoms with Crippen LogP contribution in [0.25, 0.3) is 0 Å². The fraction of sp³-hybridized carbons (Fsp3) is 0.240. The molecule has 0 aliphatic heterocycles. The molecule has 36 heavy (non-hydrogen) atoms. The van der Waals surface area contributed by atoms with Crippen molar-refractivity contribution in [2.75, 3.05) is 30.4 Å². The number of carbonyl (C=O) groups is 3. The van der Waals surface area contributed by atoms with Gasteiger partial charge in [-0.3, -0.25) is 24.5 Å². The lowest BCUT2D eigenvalue weighted by Crippen LogP contribution is -2.33. The first-order valence-corrected chi connectivity index (χ1v) is 11.2. The molecule has 0 bridgehead atoms. The van der Waals surface area contributed by atoms with Gasteiger partial charge in [0.25, 0.3) is 17.5 Å². The van der Waals surface area contributed by atoms with E-state index in [2.05, 4.69) is 10.6 Å². The highest BCUT2D eigenvalue weighted by Crippen LogP contribution is 2.23. The van der Waals surface area contributed by atoms with E-state index < -0.39 is 23.4 Å². The van der Waals surface area contributed by atoms with E-state index in [1.165, 1.54) is 24.3 Å². The summed E-state index contributed by atoms with van der Waals surface area (Å²) in [6.07, 6.45) is 1.89. The van der Waals surface area contributed by atoms with Crippen molar-refractivity contribution in [2.24, 2.45) is 0 Å². The molecule has 0 aliphatic rings. The average molecular weight is 495 g/mol. The van der Waals surface area contributed by atoms with Gasteiger partial charge in [-0.05, 0) is 36.8 Å². The van der Waals surface area contributed by atoms with Crippen molar-refractivity contribution in [3.63, 3.8) is 0 Å². The van der Waals surface area contributed by atoms with E-state index in [0.717, 1.165) is 0 Å². The maximum absolute atomic E-state index is 12.6. The number of likely N-dealkylation sites (N-methyl/N-ethyl adjacent to an activating group) is 1. The van der Waals surface area contributed by atoms with Crippen LogP contribution in [0.4, 0.5) is 17.1 Å². The standard InChI is InChI=1S/C25H26N4O7/c1-28(21-11-4-2-9-19(21)25(32)27-16-18-8-7-15-35-18)23(30)17-36-24(31)13-6-14-26-20-10-3-5-12-22(20)29(33)34/h2-5,7-12,15,26H,6,13-14,16-17H2,1H3,(H,27,32). The van der Waals surface area contributed by atoms with Crippen LogP contribution in [0.1, 0.15) is 29.0 Å². The summed E-state index contributed by atoms with van der Waals surface area (Å²) in [6, 6.07) is 16.3. The molecule has 0 aliphatic carbocycles. The van der Waals surface area contributed by atoms with E-state index in [1.807, 2.05) is 0 Å². The molecule has 0 atom stereocenters. The Morgan fingerprint density at radius 3 is 2.56 bits per heavy atom. The van der Waals surface area contributed by atoms with Crippen LogP contribution in [-0.4, -0.2) is 42.9 Å². The largest absolute Gasteiger partial charge is 0.467 e. The number of esters is 1. The molecule has 0 saturated carbocycles.